The van der Waals surface area contributed by atoms with Gasteiger partial charge in [-0.15, -0.1) is 0 Å². The summed E-state index contributed by atoms with van der Waals surface area (Å²) in [5, 5.41) is 2.70. The molecule has 0 bridgehead atoms. The fourth-order valence-corrected chi connectivity index (χ4v) is 4.79. The highest BCUT2D eigenvalue weighted by molar-refractivity contribution is 7.89. The molecule has 0 saturated heterocycles. The Labute approximate surface area is 182 Å². The van der Waals surface area contributed by atoms with Crippen LogP contribution in [0.15, 0.2) is 41.3 Å². The van der Waals surface area contributed by atoms with Gasteiger partial charge in [0.25, 0.3) is 5.91 Å². The molecule has 3 rings (SSSR count). The molecule has 0 aromatic heterocycles. The lowest BCUT2D eigenvalue weighted by Gasteiger charge is -2.27. The first-order valence-corrected chi connectivity index (χ1v) is 11.4. The molecular formula is C22H27N3O5S. The maximum absolute atomic E-state index is 13.2. The van der Waals surface area contributed by atoms with Crippen LogP contribution in [0, 0.1) is 13.8 Å². The number of carbonyl (C=O) groups excluding carboxylic acids is 2. The minimum absolute atomic E-state index is 0.0310. The van der Waals surface area contributed by atoms with Gasteiger partial charge in [-0.1, -0.05) is 12.1 Å². The number of amides is 2. The smallest absolute Gasteiger partial charge is 0.265 e. The Kier molecular flexibility index (Phi) is 6.38. The number of rotatable bonds is 6. The number of benzene rings is 2. The zero-order valence-corrected chi connectivity index (χ0v) is 19.1. The average Bonchev–Trinajstić information content (AvgIpc) is 2.69. The van der Waals surface area contributed by atoms with Gasteiger partial charge in [0.2, 0.25) is 15.9 Å². The van der Waals surface area contributed by atoms with Gasteiger partial charge in [-0.3, -0.25) is 9.59 Å². The lowest BCUT2D eigenvalue weighted by atomic mass is 10.1. The summed E-state index contributed by atoms with van der Waals surface area (Å²) >= 11 is 0. The number of nitrogens with one attached hydrogen (secondary N) is 1. The van der Waals surface area contributed by atoms with Crippen molar-refractivity contribution in [3.8, 4) is 5.75 Å². The topological polar surface area (TPSA) is 96.0 Å². The monoisotopic (exact) mass is 445 g/mol. The summed E-state index contributed by atoms with van der Waals surface area (Å²) in [4.78, 5) is 26.3. The predicted molar refractivity (Wildman–Crippen MR) is 119 cm³/mol. The van der Waals surface area contributed by atoms with E-state index in [2.05, 4.69) is 5.32 Å². The number of anilines is 2. The van der Waals surface area contributed by atoms with Crippen LogP contribution in [0.25, 0.3) is 0 Å². The third-order valence-corrected chi connectivity index (χ3v) is 7.13. The van der Waals surface area contributed by atoms with Crippen LogP contribution in [0.3, 0.4) is 0 Å². The second-order valence-corrected chi connectivity index (χ2v) is 9.61. The molecule has 1 aliphatic rings. The summed E-state index contributed by atoms with van der Waals surface area (Å²) in [6.45, 7) is 7.10. The van der Waals surface area contributed by atoms with E-state index in [1.807, 2.05) is 38.1 Å². The number of hydrogen-bond acceptors (Lipinski definition) is 5. The standard InChI is InChI=1S/C22H27N3O5S/c1-6-25(17-9-7-8-14(2)10-17)21(26)13-24(5)31(28,29)20-12-19-18(11-15(20)3)23-22(27)16(4)30-19/h7-12,16H,6,13H2,1-5H3,(H,23,27). The maximum Gasteiger partial charge on any atom is 0.265 e. The molecule has 1 aliphatic heterocycles. The predicted octanol–water partition coefficient (Wildman–Crippen LogP) is 2.70. The van der Waals surface area contributed by atoms with E-state index in [1.165, 1.54) is 13.1 Å². The molecule has 2 aromatic carbocycles. The van der Waals surface area contributed by atoms with E-state index in [-0.39, 0.29) is 29.0 Å². The molecule has 1 atom stereocenters. The number of fused-ring (bicyclic) bond motifs is 1. The summed E-state index contributed by atoms with van der Waals surface area (Å²) in [6, 6.07) is 10.5. The van der Waals surface area contributed by atoms with Crippen LogP contribution >= 0.6 is 0 Å². The first-order chi connectivity index (χ1) is 14.5. The van der Waals surface area contributed by atoms with Gasteiger partial charge >= 0.3 is 0 Å². The molecule has 8 nitrogen and oxygen atoms in total. The van der Waals surface area contributed by atoms with Crippen molar-refractivity contribution in [3.63, 3.8) is 0 Å². The first-order valence-electron chi connectivity index (χ1n) is 10.00. The van der Waals surface area contributed by atoms with Gasteiger partial charge in [-0.05, 0) is 57.0 Å². The molecule has 1 unspecified atom stereocenters. The number of carbonyl (C=O) groups is 2. The van der Waals surface area contributed by atoms with Crippen LogP contribution in [-0.4, -0.2) is 50.8 Å². The minimum Gasteiger partial charge on any atom is -0.479 e. The van der Waals surface area contributed by atoms with E-state index in [0.717, 1.165) is 15.6 Å². The number of sulfonamides is 1. The van der Waals surface area contributed by atoms with Crippen LogP contribution in [0.1, 0.15) is 25.0 Å². The van der Waals surface area contributed by atoms with E-state index in [4.69, 9.17) is 4.74 Å². The van der Waals surface area contributed by atoms with Crippen molar-refractivity contribution >= 4 is 33.2 Å². The maximum atomic E-state index is 13.2. The summed E-state index contributed by atoms with van der Waals surface area (Å²) in [5.41, 5.74) is 2.61. The third kappa shape index (κ3) is 4.57. The van der Waals surface area contributed by atoms with Crippen LogP contribution in [0.5, 0.6) is 5.75 Å². The fraction of sp³-hybridized carbons (Fsp3) is 0.364. The van der Waals surface area contributed by atoms with E-state index in [1.54, 1.807) is 24.8 Å². The van der Waals surface area contributed by atoms with E-state index >= 15 is 0 Å². The zero-order valence-electron chi connectivity index (χ0n) is 18.3. The quantitative estimate of drug-likeness (QED) is 0.738. The van der Waals surface area contributed by atoms with E-state index in [0.29, 0.717) is 17.8 Å². The van der Waals surface area contributed by atoms with Crippen molar-refractivity contribution in [3.05, 3.63) is 47.5 Å². The number of aryl methyl sites for hydroxylation is 2. The van der Waals surface area contributed by atoms with E-state index < -0.39 is 16.1 Å². The number of ether oxygens (including phenoxy) is 1. The van der Waals surface area contributed by atoms with Gasteiger partial charge in [-0.2, -0.15) is 4.31 Å². The van der Waals surface area contributed by atoms with Crippen LogP contribution < -0.4 is 15.0 Å². The van der Waals surface area contributed by atoms with Gasteiger partial charge in [0.05, 0.1) is 17.1 Å². The molecule has 9 heteroatoms. The third-order valence-electron chi connectivity index (χ3n) is 5.18. The van der Waals surface area contributed by atoms with Gasteiger partial charge in [0, 0.05) is 25.3 Å². The Balaban J connectivity index is 1.86. The molecule has 2 amide bonds. The molecule has 0 aliphatic carbocycles. The first kappa shape index (κ1) is 22.8. The Hall–Kier alpha value is -2.91. The van der Waals surface area contributed by atoms with Crippen molar-refractivity contribution in [1.82, 2.24) is 4.31 Å². The molecular weight excluding hydrogens is 418 g/mol. The zero-order chi connectivity index (χ0) is 22.9. The van der Waals surface area contributed by atoms with Crippen LogP contribution in [0.2, 0.25) is 0 Å². The Morgan fingerprint density at radius 1 is 1.19 bits per heavy atom. The lowest BCUT2D eigenvalue weighted by Crippen LogP contribution is -2.41. The molecule has 1 heterocycles. The Bertz CT molecular complexity index is 1130. The van der Waals surface area contributed by atoms with Gasteiger partial charge < -0.3 is 15.0 Å². The molecule has 0 radical (unpaired) electrons. The molecule has 1 N–H and O–H groups in total. The summed E-state index contributed by atoms with van der Waals surface area (Å²) in [5.74, 6) is -0.334. The van der Waals surface area contributed by atoms with Crippen molar-refractivity contribution in [2.75, 3.05) is 30.4 Å². The molecule has 0 spiro atoms. The van der Waals surface area contributed by atoms with Gasteiger partial charge in [0.1, 0.15) is 5.75 Å². The summed E-state index contributed by atoms with van der Waals surface area (Å²) < 4.78 is 33.1. The average molecular weight is 446 g/mol. The molecule has 0 saturated carbocycles. The van der Waals surface area contributed by atoms with E-state index in [9.17, 15) is 18.0 Å². The van der Waals surface area contributed by atoms with Crippen LogP contribution in [0.4, 0.5) is 11.4 Å². The second kappa shape index (κ2) is 8.68. The van der Waals surface area contributed by atoms with Crippen molar-refractivity contribution in [2.45, 2.75) is 38.7 Å². The lowest BCUT2D eigenvalue weighted by molar-refractivity contribution is -0.122. The summed E-state index contributed by atoms with van der Waals surface area (Å²) in [7, 11) is -2.59. The molecule has 31 heavy (non-hydrogen) atoms. The van der Waals surface area contributed by atoms with Crippen molar-refractivity contribution < 1.29 is 22.7 Å². The number of nitrogens with zero attached hydrogens (tertiary/aromatic N) is 2. The summed E-state index contributed by atoms with van der Waals surface area (Å²) in [6.07, 6.45) is -0.725. The van der Waals surface area contributed by atoms with Gasteiger partial charge in [0.15, 0.2) is 6.10 Å². The van der Waals surface area contributed by atoms with Crippen LogP contribution in [-0.2, 0) is 19.6 Å². The molecule has 0 fully saturated rings. The number of hydrogen-bond donors (Lipinski definition) is 1. The number of likely N-dealkylation sites (N-methyl/N-ethyl adjacent to an activating group) is 2. The van der Waals surface area contributed by atoms with Crippen molar-refractivity contribution in [1.29, 1.82) is 0 Å². The van der Waals surface area contributed by atoms with Crippen molar-refractivity contribution in [2.24, 2.45) is 0 Å². The SMILES string of the molecule is CCN(C(=O)CN(C)S(=O)(=O)c1cc2c(cc1C)NC(=O)C(C)O2)c1cccc(C)c1. The Morgan fingerprint density at radius 2 is 1.90 bits per heavy atom. The fourth-order valence-electron chi connectivity index (χ4n) is 3.45. The van der Waals surface area contributed by atoms with Gasteiger partial charge in [-0.25, -0.2) is 8.42 Å². The second-order valence-electron chi connectivity index (χ2n) is 7.60. The highest BCUT2D eigenvalue weighted by atomic mass is 32.2. The minimum atomic E-state index is -3.97. The molecule has 166 valence electrons. The normalized spacial score (nSPS) is 15.8. The molecule has 2 aromatic rings. The highest BCUT2D eigenvalue weighted by Crippen LogP contribution is 2.35. The highest BCUT2D eigenvalue weighted by Gasteiger charge is 2.30. The largest absolute Gasteiger partial charge is 0.479 e. The Morgan fingerprint density at radius 3 is 2.55 bits per heavy atom.